The van der Waals surface area contributed by atoms with Gasteiger partial charge in [0, 0.05) is 24.2 Å². The van der Waals surface area contributed by atoms with Gasteiger partial charge in [0.25, 0.3) is 0 Å². The molecule has 4 aromatic rings. The van der Waals surface area contributed by atoms with Crippen molar-refractivity contribution in [3.05, 3.63) is 78.4 Å². The lowest BCUT2D eigenvalue weighted by atomic mass is 10.1. The van der Waals surface area contributed by atoms with Crippen LogP contribution in [0.5, 0.6) is 0 Å². The van der Waals surface area contributed by atoms with Gasteiger partial charge in [-0.2, -0.15) is 0 Å². The molecule has 2 aromatic carbocycles. The molecule has 6 nitrogen and oxygen atoms in total. The van der Waals surface area contributed by atoms with E-state index in [1.807, 2.05) is 31.2 Å². The van der Waals surface area contributed by atoms with E-state index in [2.05, 4.69) is 44.7 Å². The number of nitrogens with zero attached hydrogens (tertiary/aromatic N) is 5. The van der Waals surface area contributed by atoms with Crippen molar-refractivity contribution in [2.75, 3.05) is 5.32 Å². The van der Waals surface area contributed by atoms with Gasteiger partial charge in [-0.1, -0.05) is 35.5 Å². The summed E-state index contributed by atoms with van der Waals surface area (Å²) in [6, 6.07) is 18.4. The predicted molar refractivity (Wildman–Crippen MR) is 111 cm³/mol. The molecule has 1 atom stereocenters. The maximum atomic E-state index is 13.3. The molecular weight excluding hydrogens is 367 g/mol. The van der Waals surface area contributed by atoms with Gasteiger partial charge < -0.3 is 5.32 Å². The number of aromatic nitrogens is 5. The minimum Gasteiger partial charge on any atom is -0.363 e. The normalized spacial score (nSPS) is 12.0. The number of benzene rings is 2. The second-order valence-electron chi connectivity index (χ2n) is 6.67. The Hall–Kier alpha value is -3.61. The summed E-state index contributed by atoms with van der Waals surface area (Å²) < 4.78 is 15.1. The zero-order valence-corrected chi connectivity index (χ0v) is 16.2. The zero-order valence-electron chi connectivity index (χ0n) is 16.2. The van der Waals surface area contributed by atoms with E-state index >= 15 is 0 Å². The van der Waals surface area contributed by atoms with Crippen LogP contribution in [0.3, 0.4) is 0 Å². The van der Waals surface area contributed by atoms with E-state index in [0.29, 0.717) is 23.8 Å². The SMILES string of the molecule is CCn1nnc(-c2ccc(F)cc2)c1-c1cc(N[C@@H](C)c2ccccc2)ncn1. The molecule has 0 radical (unpaired) electrons. The Morgan fingerprint density at radius 2 is 1.79 bits per heavy atom. The fourth-order valence-electron chi connectivity index (χ4n) is 3.20. The molecule has 146 valence electrons. The summed E-state index contributed by atoms with van der Waals surface area (Å²) in [5.74, 6) is 0.418. The summed E-state index contributed by atoms with van der Waals surface area (Å²) in [6.45, 7) is 4.71. The highest BCUT2D eigenvalue weighted by Crippen LogP contribution is 2.30. The molecule has 4 rings (SSSR count). The molecule has 0 amide bonds. The van der Waals surface area contributed by atoms with Gasteiger partial charge >= 0.3 is 0 Å². The van der Waals surface area contributed by atoms with E-state index in [0.717, 1.165) is 11.3 Å². The van der Waals surface area contributed by atoms with E-state index in [4.69, 9.17) is 0 Å². The summed E-state index contributed by atoms with van der Waals surface area (Å²) in [7, 11) is 0. The van der Waals surface area contributed by atoms with Crippen molar-refractivity contribution in [1.82, 2.24) is 25.0 Å². The van der Waals surface area contributed by atoms with Crippen LogP contribution in [0.15, 0.2) is 67.0 Å². The third kappa shape index (κ3) is 3.99. The molecule has 2 heterocycles. The average molecular weight is 388 g/mol. The van der Waals surface area contributed by atoms with Crippen molar-refractivity contribution in [2.24, 2.45) is 0 Å². The fraction of sp³-hybridized carbons (Fsp3) is 0.182. The molecule has 0 aliphatic carbocycles. The van der Waals surface area contributed by atoms with Crippen molar-refractivity contribution >= 4 is 5.82 Å². The zero-order chi connectivity index (χ0) is 20.2. The summed E-state index contributed by atoms with van der Waals surface area (Å²) in [5, 5.41) is 12.0. The van der Waals surface area contributed by atoms with E-state index in [1.165, 1.54) is 24.0 Å². The monoisotopic (exact) mass is 388 g/mol. The first-order chi connectivity index (χ1) is 14.2. The van der Waals surface area contributed by atoms with Gasteiger partial charge in [-0.25, -0.2) is 19.0 Å². The molecule has 0 aliphatic heterocycles. The predicted octanol–water partition coefficient (Wildman–Crippen LogP) is 4.73. The Balaban J connectivity index is 1.69. The lowest BCUT2D eigenvalue weighted by Crippen LogP contribution is -2.08. The van der Waals surface area contributed by atoms with Crippen LogP contribution >= 0.6 is 0 Å². The topological polar surface area (TPSA) is 68.5 Å². The molecule has 0 saturated carbocycles. The van der Waals surface area contributed by atoms with Crippen molar-refractivity contribution in [2.45, 2.75) is 26.4 Å². The van der Waals surface area contributed by atoms with Crippen LogP contribution in [-0.4, -0.2) is 25.0 Å². The second-order valence-corrected chi connectivity index (χ2v) is 6.67. The minimum atomic E-state index is -0.290. The third-order valence-electron chi connectivity index (χ3n) is 4.73. The van der Waals surface area contributed by atoms with E-state index in [1.54, 1.807) is 16.8 Å². The van der Waals surface area contributed by atoms with Gasteiger partial charge in [0.1, 0.15) is 29.4 Å². The maximum absolute atomic E-state index is 13.3. The highest BCUT2D eigenvalue weighted by Gasteiger charge is 2.18. The van der Waals surface area contributed by atoms with Gasteiger partial charge in [0.15, 0.2) is 0 Å². The lowest BCUT2D eigenvalue weighted by molar-refractivity contribution is 0.628. The summed E-state index contributed by atoms with van der Waals surface area (Å²) in [6.07, 6.45) is 1.52. The largest absolute Gasteiger partial charge is 0.363 e. The molecule has 0 aliphatic rings. The Kier molecular flexibility index (Phi) is 5.29. The lowest BCUT2D eigenvalue weighted by Gasteiger charge is -2.15. The van der Waals surface area contributed by atoms with Crippen LogP contribution in [0.25, 0.3) is 22.6 Å². The summed E-state index contributed by atoms with van der Waals surface area (Å²) in [4.78, 5) is 8.81. The van der Waals surface area contributed by atoms with Gasteiger partial charge in [-0.15, -0.1) is 5.10 Å². The number of rotatable bonds is 6. The second kappa shape index (κ2) is 8.18. The van der Waals surface area contributed by atoms with Gasteiger partial charge in [-0.05, 0) is 43.7 Å². The minimum absolute atomic E-state index is 0.0877. The molecule has 0 saturated heterocycles. The maximum Gasteiger partial charge on any atom is 0.130 e. The van der Waals surface area contributed by atoms with Crippen LogP contribution in [0.1, 0.15) is 25.5 Å². The molecule has 0 bridgehead atoms. The Bertz CT molecular complexity index is 1090. The van der Waals surface area contributed by atoms with Crippen molar-refractivity contribution < 1.29 is 4.39 Å². The molecule has 2 aromatic heterocycles. The Morgan fingerprint density at radius 1 is 1.03 bits per heavy atom. The number of nitrogens with one attached hydrogen (secondary N) is 1. The number of aryl methyl sites for hydroxylation is 1. The summed E-state index contributed by atoms with van der Waals surface area (Å²) in [5.41, 5.74) is 4.09. The first kappa shape index (κ1) is 18.7. The number of halogens is 1. The van der Waals surface area contributed by atoms with Crippen molar-refractivity contribution in [3.63, 3.8) is 0 Å². The van der Waals surface area contributed by atoms with E-state index < -0.39 is 0 Å². The number of hydrogen-bond donors (Lipinski definition) is 1. The van der Waals surface area contributed by atoms with Crippen LogP contribution < -0.4 is 5.32 Å². The molecule has 0 spiro atoms. The molecule has 7 heteroatoms. The highest BCUT2D eigenvalue weighted by molar-refractivity contribution is 5.77. The van der Waals surface area contributed by atoms with Crippen LogP contribution in [-0.2, 0) is 6.54 Å². The van der Waals surface area contributed by atoms with Gasteiger partial charge in [0.2, 0.25) is 0 Å². The Morgan fingerprint density at radius 3 is 2.52 bits per heavy atom. The standard InChI is InChI=1S/C22H21FN6/c1-3-29-22(21(27-28-29)17-9-11-18(23)12-10-17)19-13-20(25-14-24-19)26-15(2)16-7-5-4-6-8-16/h4-15H,3H2,1-2H3,(H,24,25,26)/t15-/m0/s1. The molecule has 0 fully saturated rings. The smallest absolute Gasteiger partial charge is 0.130 e. The molecular formula is C22H21FN6. The Labute approximate surface area is 168 Å². The van der Waals surface area contributed by atoms with Crippen molar-refractivity contribution in [1.29, 1.82) is 0 Å². The van der Waals surface area contributed by atoms with Crippen LogP contribution in [0, 0.1) is 5.82 Å². The van der Waals surface area contributed by atoms with Crippen LogP contribution in [0.2, 0.25) is 0 Å². The third-order valence-corrected chi connectivity index (χ3v) is 4.73. The first-order valence-corrected chi connectivity index (χ1v) is 9.49. The number of anilines is 1. The molecule has 1 N–H and O–H groups in total. The van der Waals surface area contributed by atoms with E-state index in [-0.39, 0.29) is 11.9 Å². The fourth-order valence-corrected chi connectivity index (χ4v) is 3.20. The quantitative estimate of drug-likeness (QED) is 0.517. The van der Waals surface area contributed by atoms with Crippen LogP contribution in [0.4, 0.5) is 10.2 Å². The number of hydrogen-bond acceptors (Lipinski definition) is 5. The molecule has 29 heavy (non-hydrogen) atoms. The summed E-state index contributed by atoms with van der Waals surface area (Å²) >= 11 is 0. The van der Waals surface area contributed by atoms with Crippen molar-refractivity contribution in [3.8, 4) is 22.6 Å². The van der Waals surface area contributed by atoms with Gasteiger partial charge in [-0.3, -0.25) is 0 Å². The van der Waals surface area contributed by atoms with Gasteiger partial charge in [0.05, 0.1) is 5.69 Å². The average Bonchev–Trinajstić information content (AvgIpc) is 3.19. The first-order valence-electron chi connectivity index (χ1n) is 9.49. The van der Waals surface area contributed by atoms with E-state index in [9.17, 15) is 4.39 Å². The molecule has 0 unspecified atom stereocenters. The highest BCUT2D eigenvalue weighted by atomic mass is 19.1.